The highest BCUT2D eigenvalue weighted by molar-refractivity contribution is 6.99. The number of carbonyl (C=O) groups is 2. The summed E-state index contributed by atoms with van der Waals surface area (Å²) in [6.07, 6.45) is 1.77. The van der Waals surface area contributed by atoms with Crippen molar-refractivity contribution in [3.8, 4) is 0 Å². The summed E-state index contributed by atoms with van der Waals surface area (Å²) < 4.78 is 19.1. The first-order valence-corrected chi connectivity index (χ1v) is 15.6. The molecule has 40 heavy (non-hydrogen) atoms. The van der Waals surface area contributed by atoms with Gasteiger partial charge >= 0.3 is 12.1 Å². The van der Waals surface area contributed by atoms with E-state index in [4.69, 9.17) is 13.9 Å². The van der Waals surface area contributed by atoms with Crippen molar-refractivity contribution in [1.82, 2.24) is 9.88 Å². The van der Waals surface area contributed by atoms with Gasteiger partial charge in [-0.05, 0) is 53.9 Å². The molecule has 1 fully saturated rings. The zero-order valence-electron chi connectivity index (χ0n) is 24.3. The summed E-state index contributed by atoms with van der Waals surface area (Å²) in [4.78, 5) is 31.9. The Bertz CT molecular complexity index is 1230. The van der Waals surface area contributed by atoms with Crippen LogP contribution in [0.2, 0.25) is 5.04 Å². The van der Waals surface area contributed by atoms with E-state index in [2.05, 4.69) is 50.0 Å². The molecule has 0 unspecified atom stereocenters. The molecule has 1 amide bonds. The van der Waals surface area contributed by atoms with Crippen LogP contribution in [-0.2, 0) is 25.1 Å². The molecule has 0 saturated carbocycles. The average molecular weight is 561 g/mol. The second-order valence-corrected chi connectivity index (χ2v) is 16.5. The van der Waals surface area contributed by atoms with Crippen LogP contribution in [0.15, 0.2) is 85.2 Å². The summed E-state index contributed by atoms with van der Waals surface area (Å²) in [7, 11) is -2.97. The van der Waals surface area contributed by atoms with Crippen LogP contribution in [0.25, 0.3) is 0 Å². The average Bonchev–Trinajstić information content (AvgIpc) is 3.29. The summed E-state index contributed by atoms with van der Waals surface area (Å²) >= 11 is 0. The highest BCUT2D eigenvalue weighted by atomic mass is 28.4. The summed E-state index contributed by atoms with van der Waals surface area (Å²) in [5.74, 6) is -0.377. The van der Waals surface area contributed by atoms with Crippen LogP contribution < -0.4 is 10.4 Å². The van der Waals surface area contributed by atoms with Crippen LogP contribution in [-0.4, -0.2) is 61.2 Å². The van der Waals surface area contributed by atoms with E-state index in [1.807, 2.05) is 57.2 Å². The van der Waals surface area contributed by atoms with Crippen molar-refractivity contribution in [2.24, 2.45) is 0 Å². The third-order valence-corrected chi connectivity index (χ3v) is 12.1. The Labute approximate surface area is 238 Å². The lowest BCUT2D eigenvalue weighted by molar-refractivity contribution is -0.151. The molecule has 8 heteroatoms. The van der Waals surface area contributed by atoms with E-state index in [9.17, 15) is 9.59 Å². The second kappa shape index (κ2) is 11.9. The lowest BCUT2D eigenvalue weighted by atomic mass is 10.2. The van der Waals surface area contributed by atoms with Gasteiger partial charge in [0.05, 0.1) is 19.5 Å². The van der Waals surface area contributed by atoms with Crippen molar-refractivity contribution in [1.29, 1.82) is 0 Å². The summed E-state index contributed by atoms with van der Waals surface area (Å²) in [5, 5.41) is 1.96. The molecule has 0 spiro atoms. The molecular formula is C32H40N2O5Si. The van der Waals surface area contributed by atoms with Crippen LogP contribution in [0.5, 0.6) is 0 Å². The maximum atomic E-state index is 13.1. The molecule has 1 aliphatic rings. The molecule has 212 valence electrons. The number of esters is 1. The zero-order valence-corrected chi connectivity index (χ0v) is 25.3. The number of benzene rings is 2. The monoisotopic (exact) mass is 560 g/mol. The lowest BCUT2D eigenvalue weighted by Crippen LogP contribution is -2.68. The van der Waals surface area contributed by atoms with Gasteiger partial charge < -0.3 is 18.8 Å². The zero-order chi connectivity index (χ0) is 29.0. The molecular weight excluding hydrogens is 520 g/mol. The molecule has 7 nitrogen and oxygen atoms in total. The fourth-order valence-electron chi connectivity index (χ4n) is 5.24. The van der Waals surface area contributed by atoms with E-state index in [1.165, 1.54) is 0 Å². The molecule has 2 atom stereocenters. The highest BCUT2D eigenvalue weighted by Gasteiger charge is 2.54. The molecule has 1 aliphatic heterocycles. The van der Waals surface area contributed by atoms with Gasteiger partial charge in [-0.2, -0.15) is 0 Å². The first kappa shape index (κ1) is 29.5. The first-order valence-electron chi connectivity index (χ1n) is 13.7. The summed E-state index contributed by atoms with van der Waals surface area (Å²) in [5.41, 5.74) is 0.160. The topological polar surface area (TPSA) is 78.0 Å². The van der Waals surface area contributed by atoms with Gasteiger partial charge in [0.25, 0.3) is 8.32 Å². The normalized spacial score (nSPS) is 17.9. The quantitative estimate of drug-likeness (QED) is 0.307. The largest absolute Gasteiger partial charge is 0.457 e. The van der Waals surface area contributed by atoms with Crippen molar-refractivity contribution in [3.05, 3.63) is 90.8 Å². The minimum atomic E-state index is -2.97. The van der Waals surface area contributed by atoms with Crippen molar-refractivity contribution in [2.75, 3.05) is 13.1 Å². The molecule has 0 bridgehead atoms. The van der Waals surface area contributed by atoms with E-state index >= 15 is 0 Å². The maximum Gasteiger partial charge on any atom is 0.410 e. The third-order valence-electron chi connectivity index (χ3n) is 6.99. The number of aromatic nitrogens is 1. The van der Waals surface area contributed by atoms with Gasteiger partial charge in [-0.1, -0.05) is 81.4 Å². The van der Waals surface area contributed by atoms with Gasteiger partial charge in [0.15, 0.2) is 0 Å². The number of pyridine rings is 1. The van der Waals surface area contributed by atoms with E-state index in [1.54, 1.807) is 29.4 Å². The van der Waals surface area contributed by atoms with E-state index in [-0.39, 0.29) is 30.5 Å². The number of likely N-dealkylation sites (tertiary alicyclic amines) is 1. The third kappa shape index (κ3) is 6.80. The van der Waals surface area contributed by atoms with Crippen LogP contribution in [0.4, 0.5) is 4.79 Å². The molecule has 4 rings (SSSR count). The van der Waals surface area contributed by atoms with Crippen LogP contribution in [0.3, 0.4) is 0 Å². The summed E-state index contributed by atoms with van der Waals surface area (Å²) in [6.45, 7) is 12.6. The van der Waals surface area contributed by atoms with E-state index in [0.29, 0.717) is 0 Å². The molecule has 1 saturated heterocycles. The maximum absolute atomic E-state index is 13.1. The number of hydrogen-bond donors (Lipinski definition) is 0. The Morgan fingerprint density at radius 3 is 1.85 bits per heavy atom. The van der Waals surface area contributed by atoms with Crippen molar-refractivity contribution >= 4 is 30.8 Å². The number of hydrogen-bond acceptors (Lipinski definition) is 6. The second-order valence-electron chi connectivity index (χ2n) is 12.3. The SMILES string of the molecule is CC(C)(C)OC(=O)N1C[C@H](OC(=O)Cc2ccncc2)[C@@H](O[Si](c2ccccc2)(c2ccccc2)C(C)(C)C)C1. The Balaban J connectivity index is 1.71. The van der Waals surface area contributed by atoms with Gasteiger partial charge in [0.1, 0.15) is 17.8 Å². The van der Waals surface area contributed by atoms with Crippen LogP contribution in [0, 0.1) is 0 Å². The minimum Gasteiger partial charge on any atom is -0.457 e. The van der Waals surface area contributed by atoms with Gasteiger partial charge in [-0.15, -0.1) is 0 Å². The van der Waals surface area contributed by atoms with Gasteiger partial charge in [-0.3, -0.25) is 9.78 Å². The van der Waals surface area contributed by atoms with Crippen molar-refractivity contribution < 1.29 is 23.5 Å². The smallest absolute Gasteiger partial charge is 0.410 e. The van der Waals surface area contributed by atoms with Crippen LogP contribution >= 0.6 is 0 Å². The number of amides is 1. The number of rotatable bonds is 7. The lowest BCUT2D eigenvalue weighted by Gasteiger charge is -2.45. The predicted molar refractivity (Wildman–Crippen MR) is 158 cm³/mol. The highest BCUT2D eigenvalue weighted by Crippen LogP contribution is 2.39. The fourth-order valence-corrected chi connectivity index (χ4v) is 9.94. The molecule has 2 aromatic carbocycles. The number of ether oxygens (including phenoxy) is 2. The summed E-state index contributed by atoms with van der Waals surface area (Å²) in [6, 6.07) is 24.2. The van der Waals surface area contributed by atoms with Gasteiger partial charge in [0, 0.05) is 12.4 Å². The molecule has 0 aliphatic carbocycles. The predicted octanol–water partition coefficient (Wildman–Crippen LogP) is 4.73. The Morgan fingerprint density at radius 1 is 0.825 bits per heavy atom. The van der Waals surface area contributed by atoms with Gasteiger partial charge in [-0.25, -0.2) is 4.79 Å². The van der Waals surface area contributed by atoms with E-state index < -0.39 is 32.2 Å². The van der Waals surface area contributed by atoms with Crippen molar-refractivity contribution in [2.45, 2.75) is 70.8 Å². The van der Waals surface area contributed by atoms with Crippen LogP contribution in [0.1, 0.15) is 47.1 Å². The number of nitrogens with zero attached hydrogens (tertiary/aromatic N) is 2. The molecule has 1 aromatic heterocycles. The molecule has 0 N–H and O–H groups in total. The first-order chi connectivity index (χ1) is 18.9. The molecule has 2 heterocycles. The molecule has 0 radical (unpaired) electrons. The minimum absolute atomic E-state index is 0.109. The Morgan fingerprint density at radius 2 is 1.35 bits per heavy atom. The standard InChI is InChI=1S/C32H40N2O5Si/c1-31(2,3)38-30(36)34-22-27(37-29(35)21-24-17-19-33-20-18-24)28(23-34)39-40(32(4,5)6,25-13-9-7-10-14-25)26-15-11-8-12-16-26/h7-20,27-28H,21-23H2,1-6H3/t27-,28-/m0/s1. The molecule has 3 aromatic rings. The van der Waals surface area contributed by atoms with Crippen molar-refractivity contribution in [3.63, 3.8) is 0 Å². The Hall–Kier alpha value is -3.49. The number of carbonyl (C=O) groups excluding carboxylic acids is 2. The van der Waals surface area contributed by atoms with E-state index in [0.717, 1.165) is 15.9 Å². The van der Waals surface area contributed by atoms with Gasteiger partial charge in [0.2, 0.25) is 0 Å². The fraction of sp³-hybridized carbons (Fsp3) is 0.406. The Kier molecular flexibility index (Phi) is 8.80.